The summed E-state index contributed by atoms with van der Waals surface area (Å²) in [6.45, 7) is 5.91. The van der Waals surface area contributed by atoms with Gasteiger partial charge in [-0.1, -0.05) is 25.1 Å². The lowest BCUT2D eigenvalue weighted by molar-refractivity contribution is -0.385. The van der Waals surface area contributed by atoms with Gasteiger partial charge in [0.05, 0.1) is 10.5 Å². The van der Waals surface area contributed by atoms with Crippen molar-refractivity contribution in [1.82, 2.24) is 4.98 Å². The lowest BCUT2D eigenvalue weighted by atomic mass is 10.0. The van der Waals surface area contributed by atoms with Crippen LogP contribution in [-0.4, -0.2) is 9.91 Å². The lowest BCUT2D eigenvalue weighted by Gasteiger charge is -2.11. The van der Waals surface area contributed by atoms with E-state index in [9.17, 15) is 10.1 Å². The Kier molecular flexibility index (Phi) is 4.52. The molecule has 0 aliphatic carbocycles. The van der Waals surface area contributed by atoms with Gasteiger partial charge < -0.3 is 4.74 Å². The van der Waals surface area contributed by atoms with Crippen LogP contribution >= 0.6 is 0 Å². The van der Waals surface area contributed by atoms with Crippen molar-refractivity contribution in [3.8, 4) is 5.88 Å². The highest BCUT2D eigenvalue weighted by molar-refractivity contribution is 5.45. The highest BCUT2D eigenvalue weighted by Gasteiger charge is 2.17. The first-order valence-electron chi connectivity index (χ1n) is 6.85. The quantitative estimate of drug-likeness (QED) is 0.620. The maximum absolute atomic E-state index is 11.2. The lowest BCUT2D eigenvalue weighted by Crippen LogP contribution is -2.06. The van der Waals surface area contributed by atoms with Gasteiger partial charge in [0.25, 0.3) is 5.69 Å². The van der Waals surface area contributed by atoms with E-state index in [1.807, 2.05) is 39.0 Å². The van der Waals surface area contributed by atoms with Crippen LogP contribution < -0.4 is 4.74 Å². The molecule has 0 amide bonds. The van der Waals surface area contributed by atoms with Gasteiger partial charge in [0.15, 0.2) is 0 Å². The van der Waals surface area contributed by atoms with Gasteiger partial charge in [0.2, 0.25) is 5.88 Å². The molecule has 0 radical (unpaired) electrons. The minimum Gasteiger partial charge on any atom is -0.472 e. The maximum Gasteiger partial charge on any atom is 0.276 e. The van der Waals surface area contributed by atoms with Crippen molar-refractivity contribution in [2.24, 2.45) is 0 Å². The molecule has 0 unspecified atom stereocenters. The van der Waals surface area contributed by atoms with Crippen molar-refractivity contribution >= 4 is 5.69 Å². The third-order valence-electron chi connectivity index (χ3n) is 3.37. The summed E-state index contributed by atoms with van der Waals surface area (Å²) in [6.07, 6.45) is 0.723. The number of rotatable bonds is 5. The summed E-state index contributed by atoms with van der Waals surface area (Å²) in [5.74, 6) is 0.523. The number of nitro groups is 1. The number of aromatic nitrogens is 1. The van der Waals surface area contributed by atoms with Crippen LogP contribution in [0.2, 0.25) is 0 Å². The average Bonchev–Trinajstić information content (AvgIpc) is 2.47. The van der Waals surface area contributed by atoms with Crippen LogP contribution in [0.15, 0.2) is 30.3 Å². The first-order valence-corrected chi connectivity index (χ1v) is 6.85. The Labute approximate surface area is 123 Å². The molecule has 0 saturated heterocycles. The Morgan fingerprint density at radius 3 is 2.67 bits per heavy atom. The molecule has 0 atom stereocenters. The molecule has 0 aliphatic heterocycles. The van der Waals surface area contributed by atoms with E-state index in [1.165, 1.54) is 6.07 Å². The van der Waals surface area contributed by atoms with Gasteiger partial charge >= 0.3 is 0 Å². The summed E-state index contributed by atoms with van der Waals surface area (Å²) in [5, 5.41) is 11.2. The van der Waals surface area contributed by atoms with Crippen LogP contribution in [0.5, 0.6) is 5.88 Å². The second-order valence-electron chi connectivity index (χ2n) is 4.89. The number of benzene rings is 1. The maximum atomic E-state index is 11.2. The predicted molar refractivity (Wildman–Crippen MR) is 80.5 cm³/mol. The molecule has 1 aromatic carbocycles. The Balaban J connectivity index is 2.31. The highest BCUT2D eigenvalue weighted by atomic mass is 16.6. The molecule has 110 valence electrons. The van der Waals surface area contributed by atoms with Crippen LogP contribution in [0, 0.1) is 24.0 Å². The van der Waals surface area contributed by atoms with Crippen molar-refractivity contribution in [3.63, 3.8) is 0 Å². The summed E-state index contributed by atoms with van der Waals surface area (Å²) in [7, 11) is 0. The summed E-state index contributed by atoms with van der Waals surface area (Å²) in [5.41, 5.74) is 3.41. The Bertz CT molecular complexity index is 669. The first kappa shape index (κ1) is 15.0. The monoisotopic (exact) mass is 286 g/mol. The fraction of sp³-hybridized carbons (Fsp3) is 0.312. The fourth-order valence-corrected chi connectivity index (χ4v) is 2.18. The van der Waals surface area contributed by atoms with Gasteiger partial charge in [-0.25, -0.2) is 4.98 Å². The van der Waals surface area contributed by atoms with Crippen LogP contribution in [0.3, 0.4) is 0 Å². The minimum absolute atomic E-state index is 0.0969. The van der Waals surface area contributed by atoms with Crippen molar-refractivity contribution in [2.75, 3.05) is 0 Å². The van der Waals surface area contributed by atoms with Crippen molar-refractivity contribution < 1.29 is 9.66 Å². The molecule has 1 heterocycles. The van der Waals surface area contributed by atoms with E-state index >= 15 is 0 Å². The third kappa shape index (κ3) is 3.37. The summed E-state index contributed by atoms with van der Waals surface area (Å²) < 4.78 is 5.72. The normalized spacial score (nSPS) is 10.4. The van der Waals surface area contributed by atoms with E-state index in [1.54, 1.807) is 6.07 Å². The molecule has 0 N–H and O–H groups in total. The van der Waals surface area contributed by atoms with E-state index in [0.29, 0.717) is 11.4 Å². The number of hydrogen-bond acceptors (Lipinski definition) is 4. The smallest absolute Gasteiger partial charge is 0.276 e. The molecule has 0 spiro atoms. The summed E-state index contributed by atoms with van der Waals surface area (Å²) >= 11 is 0. The average molecular weight is 286 g/mol. The van der Waals surface area contributed by atoms with Crippen LogP contribution in [0.4, 0.5) is 5.69 Å². The fourth-order valence-electron chi connectivity index (χ4n) is 2.18. The molecule has 21 heavy (non-hydrogen) atoms. The minimum atomic E-state index is -0.367. The van der Waals surface area contributed by atoms with Crippen molar-refractivity contribution in [3.05, 3.63) is 62.8 Å². The van der Waals surface area contributed by atoms with Gasteiger partial charge in [-0.3, -0.25) is 10.1 Å². The van der Waals surface area contributed by atoms with Crippen molar-refractivity contribution in [2.45, 2.75) is 33.8 Å². The zero-order chi connectivity index (χ0) is 15.4. The van der Waals surface area contributed by atoms with E-state index in [4.69, 9.17) is 4.74 Å². The van der Waals surface area contributed by atoms with E-state index < -0.39 is 0 Å². The van der Waals surface area contributed by atoms with Crippen molar-refractivity contribution in [1.29, 1.82) is 0 Å². The zero-order valence-electron chi connectivity index (χ0n) is 12.4. The molecule has 2 aromatic rings. The largest absolute Gasteiger partial charge is 0.472 e. The summed E-state index contributed by atoms with van der Waals surface area (Å²) in [6, 6.07) is 8.94. The number of nitrogens with zero attached hydrogens (tertiary/aromatic N) is 2. The number of aryl methyl sites for hydroxylation is 3. The molecule has 5 heteroatoms. The third-order valence-corrected chi connectivity index (χ3v) is 3.37. The van der Waals surface area contributed by atoms with E-state index in [0.717, 1.165) is 23.2 Å². The van der Waals surface area contributed by atoms with E-state index in [2.05, 4.69) is 4.98 Å². The Hall–Kier alpha value is -2.43. The zero-order valence-corrected chi connectivity index (χ0v) is 12.4. The number of ether oxygens (including phenoxy) is 1. The molecule has 0 fully saturated rings. The second kappa shape index (κ2) is 6.35. The topological polar surface area (TPSA) is 65.3 Å². The van der Waals surface area contributed by atoms with Gasteiger partial charge in [-0.2, -0.15) is 0 Å². The Morgan fingerprint density at radius 1 is 1.24 bits per heavy atom. The predicted octanol–water partition coefficient (Wildman–Crippen LogP) is 3.75. The van der Waals surface area contributed by atoms with Gasteiger partial charge in [-0.15, -0.1) is 0 Å². The van der Waals surface area contributed by atoms with Crippen LogP contribution in [-0.2, 0) is 13.0 Å². The highest BCUT2D eigenvalue weighted by Crippen LogP contribution is 2.25. The molecule has 5 nitrogen and oxygen atoms in total. The second-order valence-corrected chi connectivity index (χ2v) is 4.89. The van der Waals surface area contributed by atoms with Crippen LogP contribution in [0.1, 0.15) is 29.3 Å². The first-order chi connectivity index (χ1) is 10.0. The molecule has 0 aliphatic rings. The van der Waals surface area contributed by atoms with Gasteiger partial charge in [-0.05, 0) is 31.9 Å². The number of hydrogen-bond donors (Lipinski definition) is 0. The molecule has 0 saturated carbocycles. The SMILES string of the molecule is CCc1cccc([N+](=O)[O-])c1COc1nc(C)ccc1C. The molecule has 0 bridgehead atoms. The molecular formula is C16H18N2O3. The van der Waals surface area contributed by atoms with E-state index in [-0.39, 0.29) is 17.2 Å². The molecule has 1 aromatic heterocycles. The molecule has 2 rings (SSSR count). The number of pyridine rings is 1. The summed E-state index contributed by atoms with van der Waals surface area (Å²) in [4.78, 5) is 15.1. The standard InChI is InChI=1S/C16H18N2O3/c1-4-13-6-5-7-15(18(19)20)14(13)10-21-16-11(2)8-9-12(3)17-16/h5-9H,4,10H2,1-3H3. The van der Waals surface area contributed by atoms with Gasteiger partial charge in [0, 0.05) is 17.3 Å². The van der Waals surface area contributed by atoms with Crippen LogP contribution in [0.25, 0.3) is 0 Å². The Morgan fingerprint density at radius 2 is 2.00 bits per heavy atom. The number of nitro benzene ring substituents is 1. The molecular weight excluding hydrogens is 268 g/mol. The van der Waals surface area contributed by atoms with Gasteiger partial charge in [0.1, 0.15) is 6.61 Å².